The average Bonchev–Trinajstić information content (AvgIpc) is 3.37. The van der Waals surface area contributed by atoms with Crippen molar-refractivity contribution in [1.82, 2.24) is 0 Å². The summed E-state index contributed by atoms with van der Waals surface area (Å²) < 4.78 is 26.4. The lowest BCUT2D eigenvalue weighted by atomic mass is 9.88. The molecule has 0 aromatic rings. The van der Waals surface area contributed by atoms with Gasteiger partial charge in [-0.1, -0.05) is 142 Å². The molecule has 0 heterocycles. The molecule has 0 aliphatic heterocycles. The van der Waals surface area contributed by atoms with Gasteiger partial charge in [0.15, 0.2) is 6.10 Å². The SMILES string of the molecule is CCCCC[C@H](O)/C=C/[C@H]1C(=O)C[C@H](O)[C@@H]1CCCCCCC(=O)OC[C@H](COP(=O)(O)O)OC(=O)CCCCCCCCCCCCC(C)CC. The number of phosphoric ester groups is 1. The molecule has 1 unspecified atom stereocenters. The summed E-state index contributed by atoms with van der Waals surface area (Å²) in [6.07, 6.45) is 22.7. The molecule has 0 radical (unpaired) electrons. The normalized spacial score (nSPS) is 19.6. The number of carbonyl (C=O) groups is 3. The molecule has 4 N–H and O–H groups in total. The Hall–Kier alpha value is -1.62. The Bertz CT molecular complexity index is 1030. The summed E-state index contributed by atoms with van der Waals surface area (Å²) in [4.78, 5) is 55.5. The van der Waals surface area contributed by atoms with Crippen molar-refractivity contribution < 1.29 is 52.9 Å². The van der Waals surface area contributed by atoms with Crippen molar-refractivity contribution in [2.45, 2.75) is 193 Å². The highest BCUT2D eigenvalue weighted by atomic mass is 31.2. The van der Waals surface area contributed by atoms with Crippen LogP contribution in [0.5, 0.6) is 0 Å². The van der Waals surface area contributed by atoms with E-state index in [0.717, 1.165) is 63.7 Å². The van der Waals surface area contributed by atoms with Crippen LogP contribution < -0.4 is 0 Å². The van der Waals surface area contributed by atoms with Crippen molar-refractivity contribution in [2.24, 2.45) is 17.8 Å². The number of Topliss-reactive ketones (excluding diaryl/α,β-unsaturated/α-hetero) is 1. The molecule has 6 atom stereocenters. The molecule has 0 amide bonds. The number of esters is 2. The third-order valence-corrected chi connectivity index (χ3v) is 10.7. The zero-order chi connectivity index (χ0) is 38.6. The van der Waals surface area contributed by atoms with Gasteiger partial charge in [0.1, 0.15) is 12.4 Å². The fraction of sp³-hybridized carbons (Fsp3) is 0.875. The number of unbranched alkanes of at least 4 members (excludes halogenated alkanes) is 14. The maximum absolute atomic E-state index is 12.5. The average molecular weight is 761 g/mol. The van der Waals surface area contributed by atoms with Gasteiger partial charge in [0.25, 0.3) is 0 Å². The molecule has 0 bridgehead atoms. The standard InChI is InChI=1S/C40H73O11P/c1-4-6-17-23-33(41)27-28-36-35(37(42)29-38(36)43)24-19-15-16-20-25-39(44)49-30-34(31-50-52(46,47)48)51-40(45)26-21-14-12-10-8-7-9-11-13-18-22-32(3)5-2/h27-28,32-37,41-42H,4-26,29-31H2,1-3H3,(H2,46,47,48)/b28-27+/t32?,33-,34+,35+,36+,37-/m0/s1. The van der Waals surface area contributed by atoms with Gasteiger partial charge in [-0.25, -0.2) is 4.57 Å². The van der Waals surface area contributed by atoms with E-state index in [4.69, 9.17) is 19.3 Å². The molecule has 1 aliphatic rings. The molecular weight excluding hydrogens is 687 g/mol. The van der Waals surface area contributed by atoms with Gasteiger partial charge in [-0.3, -0.25) is 18.9 Å². The van der Waals surface area contributed by atoms with Crippen LogP contribution in [0.2, 0.25) is 0 Å². The van der Waals surface area contributed by atoms with Gasteiger partial charge in [0.2, 0.25) is 0 Å². The van der Waals surface area contributed by atoms with Crippen LogP contribution in [-0.2, 0) is 32.9 Å². The number of phosphoric acid groups is 1. The van der Waals surface area contributed by atoms with Crippen LogP contribution in [0.15, 0.2) is 12.2 Å². The van der Waals surface area contributed by atoms with Crippen molar-refractivity contribution in [3.8, 4) is 0 Å². The Morgan fingerprint density at radius 2 is 1.37 bits per heavy atom. The largest absolute Gasteiger partial charge is 0.469 e. The van der Waals surface area contributed by atoms with E-state index in [1.807, 2.05) is 0 Å². The fourth-order valence-electron chi connectivity index (χ4n) is 6.72. The van der Waals surface area contributed by atoms with Crippen molar-refractivity contribution in [3.63, 3.8) is 0 Å². The van der Waals surface area contributed by atoms with Crippen LogP contribution in [0.4, 0.5) is 0 Å². The number of ketones is 1. The quantitative estimate of drug-likeness (QED) is 0.0218. The van der Waals surface area contributed by atoms with E-state index >= 15 is 0 Å². The summed E-state index contributed by atoms with van der Waals surface area (Å²) in [5.41, 5.74) is 0. The lowest BCUT2D eigenvalue weighted by Gasteiger charge is -2.19. The second-order valence-corrected chi connectivity index (χ2v) is 16.2. The first-order valence-corrected chi connectivity index (χ1v) is 22.0. The summed E-state index contributed by atoms with van der Waals surface area (Å²) in [6, 6.07) is 0. The minimum Gasteiger partial charge on any atom is -0.462 e. The Balaban J connectivity index is 2.28. The maximum Gasteiger partial charge on any atom is 0.469 e. The van der Waals surface area contributed by atoms with Crippen molar-refractivity contribution in [1.29, 1.82) is 0 Å². The summed E-state index contributed by atoms with van der Waals surface area (Å²) in [5, 5.41) is 20.7. The smallest absolute Gasteiger partial charge is 0.462 e. The number of hydrogen-bond donors (Lipinski definition) is 4. The zero-order valence-corrected chi connectivity index (χ0v) is 33.5. The molecule has 11 nitrogen and oxygen atoms in total. The number of ether oxygens (including phenoxy) is 2. The van der Waals surface area contributed by atoms with E-state index in [0.29, 0.717) is 25.7 Å². The summed E-state index contributed by atoms with van der Waals surface area (Å²) in [7, 11) is -4.81. The van der Waals surface area contributed by atoms with Gasteiger partial charge < -0.3 is 29.5 Å². The number of aliphatic hydroxyl groups excluding tert-OH is 2. The number of hydrogen-bond acceptors (Lipinski definition) is 9. The highest BCUT2D eigenvalue weighted by Gasteiger charge is 2.39. The summed E-state index contributed by atoms with van der Waals surface area (Å²) >= 11 is 0. The third kappa shape index (κ3) is 25.4. The topological polar surface area (TPSA) is 177 Å². The monoisotopic (exact) mass is 760 g/mol. The fourth-order valence-corrected chi connectivity index (χ4v) is 7.08. The molecular formula is C40H73O11P. The first kappa shape index (κ1) is 48.4. The van der Waals surface area contributed by atoms with Crippen molar-refractivity contribution in [2.75, 3.05) is 13.2 Å². The van der Waals surface area contributed by atoms with Gasteiger partial charge in [-0.15, -0.1) is 0 Å². The number of carbonyl (C=O) groups excluding carboxylic acids is 3. The minimum absolute atomic E-state index is 0.00168. The summed E-state index contributed by atoms with van der Waals surface area (Å²) in [5.74, 6) is -0.772. The predicted molar refractivity (Wildman–Crippen MR) is 203 cm³/mol. The first-order chi connectivity index (χ1) is 24.9. The molecule has 0 spiro atoms. The van der Waals surface area contributed by atoms with Gasteiger partial charge >= 0.3 is 19.8 Å². The van der Waals surface area contributed by atoms with Crippen LogP contribution in [0.25, 0.3) is 0 Å². The second kappa shape index (κ2) is 29.7. The van der Waals surface area contributed by atoms with Crippen LogP contribution in [0.1, 0.15) is 175 Å². The summed E-state index contributed by atoms with van der Waals surface area (Å²) in [6.45, 7) is 5.71. The van der Waals surface area contributed by atoms with E-state index in [-0.39, 0.29) is 43.5 Å². The minimum atomic E-state index is -4.81. The van der Waals surface area contributed by atoms with E-state index in [9.17, 15) is 29.2 Å². The van der Waals surface area contributed by atoms with Crippen LogP contribution >= 0.6 is 7.82 Å². The number of rotatable bonds is 33. The molecule has 1 fully saturated rings. The van der Waals surface area contributed by atoms with E-state index in [1.54, 1.807) is 12.2 Å². The van der Waals surface area contributed by atoms with E-state index < -0.39 is 44.7 Å². The lowest BCUT2D eigenvalue weighted by molar-refractivity contribution is -0.161. The highest BCUT2D eigenvalue weighted by molar-refractivity contribution is 7.46. The Kier molecular flexibility index (Phi) is 27.6. The number of aliphatic hydroxyl groups is 2. The van der Waals surface area contributed by atoms with Gasteiger partial charge in [0, 0.05) is 25.2 Å². The molecule has 1 rings (SSSR count). The predicted octanol–water partition coefficient (Wildman–Crippen LogP) is 8.68. The van der Waals surface area contributed by atoms with Gasteiger partial charge in [0.05, 0.1) is 18.8 Å². The zero-order valence-electron chi connectivity index (χ0n) is 32.6. The highest BCUT2D eigenvalue weighted by Crippen LogP contribution is 2.36. The van der Waals surface area contributed by atoms with Gasteiger partial charge in [-0.2, -0.15) is 0 Å². The second-order valence-electron chi connectivity index (χ2n) is 15.0. The van der Waals surface area contributed by atoms with Gasteiger partial charge in [-0.05, 0) is 37.5 Å². The Labute approximate surface area is 314 Å². The Morgan fingerprint density at radius 3 is 1.96 bits per heavy atom. The number of allylic oxidation sites excluding steroid dienone is 1. The van der Waals surface area contributed by atoms with E-state index in [1.165, 1.54) is 51.4 Å². The van der Waals surface area contributed by atoms with Crippen molar-refractivity contribution >= 4 is 25.5 Å². The molecule has 304 valence electrons. The first-order valence-electron chi connectivity index (χ1n) is 20.5. The molecule has 0 aromatic carbocycles. The van der Waals surface area contributed by atoms with Crippen LogP contribution in [-0.4, -0.2) is 69.2 Å². The lowest BCUT2D eigenvalue weighted by Crippen LogP contribution is -2.29. The maximum atomic E-state index is 12.5. The van der Waals surface area contributed by atoms with Crippen LogP contribution in [0.3, 0.4) is 0 Å². The molecule has 12 heteroatoms. The molecule has 1 saturated carbocycles. The molecule has 1 aliphatic carbocycles. The van der Waals surface area contributed by atoms with Crippen LogP contribution in [0, 0.1) is 17.8 Å². The molecule has 0 saturated heterocycles. The Morgan fingerprint density at radius 1 is 0.808 bits per heavy atom. The molecule has 0 aromatic heterocycles. The van der Waals surface area contributed by atoms with E-state index in [2.05, 4.69) is 25.3 Å². The molecule has 52 heavy (non-hydrogen) atoms. The van der Waals surface area contributed by atoms with Crippen molar-refractivity contribution in [3.05, 3.63) is 12.2 Å². The third-order valence-electron chi connectivity index (χ3n) is 10.2.